The van der Waals surface area contributed by atoms with Crippen LogP contribution in [0.3, 0.4) is 0 Å². The Labute approximate surface area is 182 Å². The van der Waals surface area contributed by atoms with Crippen LogP contribution in [-0.4, -0.2) is 29.6 Å². The molecule has 0 aliphatic heterocycles. The normalized spacial score (nSPS) is 13.0. The summed E-state index contributed by atoms with van der Waals surface area (Å²) in [4.78, 5) is 35.9. The fraction of sp³-hybridized carbons (Fsp3) is 0.542. The Morgan fingerprint density at radius 2 is 1.94 bits per heavy atom. The van der Waals surface area contributed by atoms with Crippen molar-refractivity contribution in [2.75, 3.05) is 6.61 Å². The van der Waals surface area contributed by atoms with E-state index in [1.165, 1.54) is 0 Å². The van der Waals surface area contributed by atoms with Gasteiger partial charge in [-0.05, 0) is 43.4 Å². The van der Waals surface area contributed by atoms with Crippen LogP contribution in [0.5, 0.6) is 5.75 Å². The highest BCUT2D eigenvalue weighted by atomic mass is 16.5. The summed E-state index contributed by atoms with van der Waals surface area (Å²) in [7, 11) is 0. The standard InChI is InChI=1S/C24H33NO6/c1-5-7-8-9-10-19-16(4)18-12-11-17(13-20(18)31-24(19)29)30-14-21(26)25-22(23(27)28)15(3)6-2/h11-13,15,22H,5-10,14H2,1-4H3,(H,25,26)(H,27,28). The van der Waals surface area contributed by atoms with Gasteiger partial charge in [0.05, 0.1) is 0 Å². The predicted octanol–water partition coefficient (Wildman–Crippen LogP) is 4.22. The first-order valence-corrected chi connectivity index (χ1v) is 11.0. The smallest absolute Gasteiger partial charge is 0.339 e. The van der Waals surface area contributed by atoms with Crippen LogP contribution in [0.2, 0.25) is 0 Å². The molecule has 170 valence electrons. The zero-order valence-corrected chi connectivity index (χ0v) is 18.8. The first-order valence-electron chi connectivity index (χ1n) is 11.0. The third-order valence-corrected chi connectivity index (χ3v) is 5.70. The fourth-order valence-corrected chi connectivity index (χ4v) is 3.53. The number of aryl methyl sites for hydroxylation is 1. The van der Waals surface area contributed by atoms with Gasteiger partial charge in [0, 0.05) is 17.0 Å². The van der Waals surface area contributed by atoms with Gasteiger partial charge in [0.2, 0.25) is 0 Å². The third kappa shape index (κ3) is 6.57. The maximum atomic E-state index is 12.4. The maximum Gasteiger partial charge on any atom is 0.339 e. The van der Waals surface area contributed by atoms with Gasteiger partial charge < -0.3 is 19.6 Å². The summed E-state index contributed by atoms with van der Waals surface area (Å²) in [6.07, 6.45) is 5.65. The van der Waals surface area contributed by atoms with Crippen molar-refractivity contribution in [3.63, 3.8) is 0 Å². The molecule has 7 heteroatoms. The van der Waals surface area contributed by atoms with Crippen LogP contribution in [0.15, 0.2) is 27.4 Å². The van der Waals surface area contributed by atoms with E-state index in [2.05, 4.69) is 12.2 Å². The molecule has 7 nitrogen and oxygen atoms in total. The molecule has 0 fully saturated rings. The first kappa shape index (κ1) is 24.4. The van der Waals surface area contributed by atoms with Crippen molar-refractivity contribution < 1.29 is 23.8 Å². The molecule has 2 N–H and O–H groups in total. The lowest BCUT2D eigenvalue weighted by molar-refractivity contribution is -0.143. The highest BCUT2D eigenvalue weighted by Gasteiger charge is 2.25. The fourth-order valence-electron chi connectivity index (χ4n) is 3.53. The van der Waals surface area contributed by atoms with E-state index in [1.807, 2.05) is 19.9 Å². The zero-order valence-electron chi connectivity index (χ0n) is 18.8. The van der Waals surface area contributed by atoms with E-state index < -0.39 is 17.9 Å². The van der Waals surface area contributed by atoms with Crippen molar-refractivity contribution in [2.24, 2.45) is 5.92 Å². The summed E-state index contributed by atoms with van der Waals surface area (Å²) < 4.78 is 11.0. The van der Waals surface area contributed by atoms with E-state index in [4.69, 9.17) is 9.15 Å². The van der Waals surface area contributed by atoms with Gasteiger partial charge in [0.15, 0.2) is 6.61 Å². The Kier molecular flexibility index (Phi) is 9.09. The third-order valence-electron chi connectivity index (χ3n) is 5.70. The molecule has 0 saturated carbocycles. The molecule has 31 heavy (non-hydrogen) atoms. The lowest BCUT2D eigenvalue weighted by atomic mass is 9.99. The lowest BCUT2D eigenvalue weighted by Crippen LogP contribution is -2.46. The van der Waals surface area contributed by atoms with Gasteiger partial charge in [-0.3, -0.25) is 4.79 Å². The van der Waals surface area contributed by atoms with Crippen molar-refractivity contribution in [1.29, 1.82) is 0 Å². The van der Waals surface area contributed by atoms with Crippen LogP contribution in [-0.2, 0) is 16.0 Å². The number of hydrogen-bond acceptors (Lipinski definition) is 5. The SMILES string of the molecule is CCCCCCc1c(C)c2ccc(OCC(=O)NC(C(=O)O)C(C)CC)cc2oc1=O. The van der Waals surface area contributed by atoms with E-state index in [0.29, 0.717) is 29.7 Å². The Balaban J connectivity index is 2.08. The Morgan fingerprint density at radius 3 is 2.58 bits per heavy atom. The molecule has 1 amide bonds. The summed E-state index contributed by atoms with van der Waals surface area (Å²) in [6.45, 7) is 7.37. The van der Waals surface area contributed by atoms with Crippen molar-refractivity contribution in [3.05, 3.63) is 39.7 Å². The van der Waals surface area contributed by atoms with Gasteiger partial charge in [0.25, 0.3) is 5.91 Å². The topological polar surface area (TPSA) is 106 Å². The van der Waals surface area contributed by atoms with Gasteiger partial charge in [0.1, 0.15) is 17.4 Å². The average molecular weight is 432 g/mol. The number of ether oxygens (including phenoxy) is 1. The molecule has 2 aromatic rings. The molecule has 0 saturated heterocycles. The molecule has 1 aromatic carbocycles. The van der Waals surface area contributed by atoms with Crippen LogP contribution >= 0.6 is 0 Å². The minimum atomic E-state index is -1.07. The Morgan fingerprint density at radius 1 is 1.19 bits per heavy atom. The van der Waals surface area contributed by atoms with E-state index in [1.54, 1.807) is 19.1 Å². The Hall–Kier alpha value is -2.83. The van der Waals surface area contributed by atoms with Crippen LogP contribution in [0.25, 0.3) is 11.0 Å². The van der Waals surface area contributed by atoms with Crippen molar-refractivity contribution in [2.45, 2.75) is 72.3 Å². The summed E-state index contributed by atoms with van der Waals surface area (Å²) in [5.74, 6) is -1.42. The van der Waals surface area contributed by atoms with Crippen LogP contribution in [0, 0.1) is 12.8 Å². The summed E-state index contributed by atoms with van der Waals surface area (Å²) in [6, 6.07) is 4.15. The van der Waals surface area contributed by atoms with Gasteiger partial charge in [-0.15, -0.1) is 0 Å². The molecule has 0 aliphatic carbocycles. The molecule has 2 unspecified atom stereocenters. The van der Waals surface area contributed by atoms with Gasteiger partial charge in [-0.2, -0.15) is 0 Å². The van der Waals surface area contributed by atoms with Crippen LogP contribution in [0.1, 0.15) is 64.0 Å². The Bertz CT molecular complexity index is 964. The number of rotatable bonds is 12. The number of carbonyl (C=O) groups is 2. The van der Waals surface area contributed by atoms with Crippen molar-refractivity contribution in [1.82, 2.24) is 5.32 Å². The van der Waals surface area contributed by atoms with E-state index in [9.17, 15) is 19.5 Å². The number of unbranched alkanes of at least 4 members (excludes halogenated alkanes) is 3. The number of benzene rings is 1. The number of carboxylic acid groups (broad SMARTS) is 1. The lowest BCUT2D eigenvalue weighted by Gasteiger charge is -2.20. The quantitative estimate of drug-likeness (QED) is 0.385. The molecular formula is C24H33NO6. The summed E-state index contributed by atoms with van der Waals surface area (Å²) in [5.41, 5.74) is 1.68. The molecular weight excluding hydrogens is 398 g/mol. The maximum absolute atomic E-state index is 12.4. The summed E-state index contributed by atoms with van der Waals surface area (Å²) >= 11 is 0. The first-order chi connectivity index (χ1) is 14.8. The largest absolute Gasteiger partial charge is 0.484 e. The predicted molar refractivity (Wildman–Crippen MR) is 120 cm³/mol. The second kappa shape index (κ2) is 11.5. The highest BCUT2D eigenvalue weighted by Crippen LogP contribution is 2.25. The molecule has 0 radical (unpaired) electrons. The number of carboxylic acids is 1. The van der Waals surface area contributed by atoms with Crippen LogP contribution < -0.4 is 15.7 Å². The minimum Gasteiger partial charge on any atom is -0.484 e. The monoisotopic (exact) mass is 431 g/mol. The second-order valence-corrected chi connectivity index (χ2v) is 8.02. The number of fused-ring (bicyclic) bond motifs is 1. The number of amides is 1. The summed E-state index contributed by atoms with van der Waals surface area (Å²) in [5, 5.41) is 12.6. The van der Waals surface area contributed by atoms with Crippen molar-refractivity contribution in [3.8, 4) is 5.75 Å². The number of nitrogens with one attached hydrogen (secondary N) is 1. The number of aliphatic carboxylic acids is 1. The van der Waals surface area contributed by atoms with Crippen molar-refractivity contribution >= 4 is 22.8 Å². The van der Waals surface area contributed by atoms with E-state index >= 15 is 0 Å². The van der Waals surface area contributed by atoms with Crippen LogP contribution in [0.4, 0.5) is 0 Å². The minimum absolute atomic E-state index is 0.199. The highest BCUT2D eigenvalue weighted by molar-refractivity contribution is 5.85. The second-order valence-electron chi connectivity index (χ2n) is 8.02. The molecule has 2 rings (SSSR count). The van der Waals surface area contributed by atoms with Gasteiger partial charge in [-0.1, -0.05) is 46.5 Å². The van der Waals surface area contributed by atoms with E-state index in [-0.39, 0.29) is 18.2 Å². The zero-order chi connectivity index (χ0) is 23.0. The van der Waals surface area contributed by atoms with E-state index in [0.717, 1.165) is 36.6 Å². The number of hydrogen-bond donors (Lipinski definition) is 2. The molecule has 2 atom stereocenters. The molecule has 1 heterocycles. The molecule has 0 spiro atoms. The molecule has 1 aromatic heterocycles. The van der Waals surface area contributed by atoms with Gasteiger partial charge in [-0.25, -0.2) is 9.59 Å². The number of carbonyl (C=O) groups excluding carboxylic acids is 1. The molecule has 0 aliphatic rings. The average Bonchev–Trinajstić information content (AvgIpc) is 2.74. The van der Waals surface area contributed by atoms with Gasteiger partial charge >= 0.3 is 11.6 Å². The molecule has 0 bridgehead atoms.